The highest BCUT2D eigenvalue weighted by molar-refractivity contribution is 5.14. The molecule has 0 saturated carbocycles. The van der Waals surface area contributed by atoms with Crippen molar-refractivity contribution >= 4 is 0 Å². The molecule has 24 heavy (non-hydrogen) atoms. The van der Waals surface area contributed by atoms with E-state index >= 15 is 0 Å². The highest BCUT2D eigenvalue weighted by Gasteiger charge is 2.36. The number of aryl methyl sites for hydroxylation is 1. The van der Waals surface area contributed by atoms with Gasteiger partial charge in [-0.05, 0) is 82.0 Å². The molecule has 0 aliphatic carbocycles. The Kier molecular flexibility index (Phi) is 6.70. The van der Waals surface area contributed by atoms with Gasteiger partial charge >= 0.3 is 0 Å². The zero-order valence-corrected chi connectivity index (χ0v) is 15.0. The third-order valence-electron chi connectivity index (χ3n) is 5.97. The molecule has 1 aromatic carbocycles. The van der Waals surface area contributed by atoms with Gasteiger partial charge in [0, 0.05) is 13.2 Å². The average molecular weight is 332 g/mol. The number of rotatable bonds is 7. The smallest absolute Gasteiger partial charge is 0.0581 e. The second kappa shape index (κ2) is 8.98. The molecule has 0 bridgehead atoms. The summed E-state index contributed by atoms with van der Waals surface area (Å²) < 4.78 is 5.92. The number of aliphatic hydroxyl groups is 1. The van der Waals surface area contributed by atoms with E-state index < -0.39 is 0 Å². The molecule has 1 aromatic rings. The molecule has 0 amide bonds. The number of benzene rings is 1. The van der Waals surface area contributed by atoms with Gasteiger partial charge in [0.1, 0.15) is 0 Å². The molecule has 134 valence electrons. The summed E-state index contributed by atoms with van der Waals surface area (Å²) >= 11 is 0. The van der Waals surface area contributed by atoms with Crippen LogP contribution < -0.4 is 0 Å². The molecule has 1 N–H and O–H groups in total. The minimum absolute atomic E-state index is 0.109. The van der Waals surface area contributed by atoms with Gasteiger partial charge in [0.05, 0.1) is 6.10 Å². The van der Waals surface area contributed by atoms with Crippen LogP contribution in [0.2, 0.25) is 0 Å². The van der Waals surface area contributed by atoms with E-state index in [2.05, 4.69) is 35.2 Å². The zero-order chi connectivity index (χ0) is 16.7. The Hall–Kier alpha value is -0.900. The van der Waals surface area contributed by atoms with Crippen LogP contribution in [0.25, 0.3) is 0 Å². The Bertz CT molecular complexity index is 462. The fourth-order valence-electron chi connectivity index (χ4n) is 4.28. The molecule has 1 atom stereocenters. The van der Waals surface area contributed by atoms with Gasteiger partial charge in [-0.2, -0.15) is 0 Å². The van der Waals surface area contributed by atoms with E-state index in [4.69, 9.17) is 4.74 Å². The Morgan fingerprint density at radius 2 is 1.92 bits per heavy atom. The van der Waals surface area contributed by atoms with Crippen molar-refractivity contribution in [2.24, 2.45) is 5.41 Å². The molecule has 3 rings (SSSR count). The molecule has 2 fully saturated rings. The number of nitrogens with zero attached hydrogens (tertiary/aromatic N) is 1. The topological polar surface area (TPSA) is 32.7 Å². The lowest BCUT2D eigenvalue weighted by Crippen LogP contribution is -2.44. The summed E-state index contributed by atoms with van der Waals surface area (Å²) in [6, 6.07) is 10.8. The van der Waals surface area contributed by atoms with E-state index in [9.17, 15) is 5.11 Å². The Morgan fingerprint density at radius 1 is 1.12 bits per heavy atom. The Morgan fingerprint density at radius 3 is 2.58 bits per heavy atom. The number of likely N-dealkylation sites (tertiary alicyclic amines) is 1. The number of ether oxygens (including phenoxy) is 1. The summed E-state index contributed by atoms with van der Waals surface area (Å²) in [7, 11) is 0. The molecular weight excluding hydrogens is 298 g/mol. The third-order valence-corrected chi connectivity index (χ3v) is 5.97. The molecule has 3 heteroatoms. The van der Waals surface area contributed by atoms with E-state index in [1.54, 1.807) is 0 Å². The van der Waals surface area contributed by atoms with Crippen LogP contribution in [-0.2, 0) is 11.2 Å². The lowest BCUT2D eigenvalue weighted by atomic mass is 9.74. The van der Waals surface area contributed by atoms with Crippen molar-refractivity contribution in [3.05, 3.63) is 35.9 Å². The van der Waals surface area contributed by atoms with E-state index in [1.807, 2.05) is 0 Å². The SMILES string of the molecule is OCC1(C[C@H]2CCCCO2)CCN(CCCc2ccccc2)CC1. The van der Waals surface area contributed by atoms with E-state index in [0.717, 1.165) is 39.0 Å². The second-order valence-electron chi connectivity index (χ2n) is 7.78. The predicted octanol–water partition coefficient (Wildman–Crippen LogP) is 3.65. The largest absolute Gasteiger partial charge is 0.396 e. The molecule has 0 aromatic heterocycles. The maximum atomic E-state index is 10.0. The first-order chi connectivity index (χ1) is 11.8. The average Bonchev–Trinajstić information content (AvgIpc) is 2.65. The van der Waals surface area contributed by atoms with Crippen LogP contribution in [-0.4, -0.2) is 49.0 Å². The third kappa shape index (κ3) is 5.05. The number of piperidine rings is 1. The van der Waals surface area contributed by atoms with Crippen molar-refractivity contribution < 1.29 is 9.84 Å². The van der Waals surface area contributed by atoms with Gasteiger partial charge in [0.2, 0.25) is 0 Å². The van der Waals surface area contributed by atoms with Gasteiger partial charge in [-0.25, -0.2) is 0 Å². The minimum atomic E-state index is 0.109. The van der Waals surface area contributed by atoms with Crippen LogP contribution in [0.4, 0.5) is 0 Å². The summed E-state index contributed by atoms with van der Waals surface area (Å²) in [5.41, 5.74) is 1.55. The van der Waals surface area contributed by atoms with Crippen molar-refractivity contribution in [3.8, 4) is 0 Å². The number of aliphatic hydroxyl groups excluding tert-OH is 1. The normalized spacial score (nSPS) is 24.8. The minimum Gasteiger partial charge on any atom is -0.396 e. The molecule has 2 saturated heterocycles. The predicted molar refractivity (Wildman–Crippen MR) is 98.2 cm³/mol. The monoisotopic (exact) mass is 331 g/mol. The lowest BCUT2D eigenvalue weighted by Gasteiger charge is -2.43. The zero-order valence-electron chi connectivity index (χ0n) is 15.0. The van der Waals surface area contributed by atoms with E-state index in [1.165, 1.54) is 44.2 Å². The molecular formula is C21H33NO2. The maximum absolute atomic E-state index is 10.0. The van der Waals surface area contributed by atoms with Gasteiger partial charge in [0.15, 0.2) is 0 Å². The highest BCUT2D eigenvalue weighted by atomic mass is 16.5. The van der Waals surface area contributed by atoms with Crippen molar-refractivity contribution in [3.63, 3.8) is 0 Å². The van der Waals surface area contributed by atoms with Crippen LogP contribution in [0.3, 0.4) is 0 Å². The van der Waals surface area contributed by atoms with E-state index in [0.29, 0.717) is 12.7 Å². The summed E-state index contributed by atoms with van der Waals surface area (Å²) in [5.74, 6) is 0. The quantitative estimate of drug-likeness (QED) is 0.828. The second-order valence-corrected chi connectivity index (χ2v) is 7.78. The number of hydrogen-bond donors (Lipinski definition) is 1. The van der Waals surface area contributed by atoms with Crippen molar-refractivity contribution in [2.45, 2.75) is 57.5 Å². The van der Waals surface area contributed by atoms with Gasteiger partial charge in [0.25, 0.3) is 0 Å². The van der Waals surface area contributed by atoms with Crippen LogP contribution in [0.1, 0.15) is 50.5 Å². The highest BCUT2D eigenvalue weighted by Crippen LogP contribution is 2.38. The van der Waals surface area contributed by atoms with Crippen molar-refractivity contribution in [1.82, 2.24) is 4.90 Å². The van der Waals surface area contributed by atoms with Gasteiger partial charge in [-0.15, -0.1) is 0 Å². The Labute approximate surface area is 147 Å². The van der Waals surface area contributed by atoms with Crippen molar-refractivity contribution in [2.75, 3.05) is 32.8 Å². The van der Waals surface area contributed by atoms with E-state index in [-0.39, 0.29) is 5.41 Å². The fraction of sp³-hybridized carbons (Fsp3) is 0.714. The first kappa shape index (κ1) is 17.9. The van der Waals surface area contributed by atoms with Crippen LogP contribution >= 0.6 is 0 Å². The molecule has 3 nitrogen and oxygen atoms in total. The van der Waals surface area contributed by atoms with Gasteiger partial charge < -0.3 is 14.7 Å². The first-order valence-corrected chi connectivity index (χ1v) is 9.78. The molecule has 2 aliphatic rings. The van der Waals surface area contributed by atoms with Gasteiger partial charge in [-0.3, -0.25) is 0 Å². The molecule has 0 unspecified atom stereocenters. The summed E-state index contributed by atoms with van der Waals surface area (Å²) in [5, 5.41) is 10.0. The van der Waals surface area contributed by atoms with Gasteiger partial charge in [-0.1, -0.05) is 30.3 Å². The molecule has 2 heterocycles. The maximum Gasteiger partial charge on any atom is 0.0581 e. The Balaban J connectivity index is 1.40. The fourth-order valence-corrected chi connectivity index (χ4v) is 4.28. The number of hydrogen-bond acceptors (Lipinski definition) is 3. The lowest BCUT2D eigenvalue weighted by molar-refractivity contribution is -0.0479. The van der Waals surface area contributed by atoms with Crippen molar-refractivity contribution in [1.29, 1.82) is 0 Å². The molecule has 0 radical (unpaired) electrons. The molecule has 0 spiro atoms. The summed E-state index contributed by atoms with van der Waals surface area (Å²) in [6.45, 7) is 4.67. The van der Waals surface area contributed by atoms with Crippen LogP contribution in [0.15, 0.2) is 30.3 Å². The molecule has 2 aliphatic heterocycles. The summed E-state index contributed by atoms with van der Waals surface area (Å²) in [6.07, 6.45) is 9.75. The van der Waals surface area contributed by atoms with Crippen LogP contribution in [0, 0.1) is 5.41 Å². The standard InChI is InChI=1S/C21H33NO2/c23-18-21(17-20-10-4-5-16-24-20)11-14-22(15-12-21)13-6-9-19-7-2-1-3-8-19/h1-3,7-8,20,23H,4-6,9-18H2/t20-/m1/s1. The van der Waals surface area contributed by atoms with Crippen LogP contribution in [0.5, 0.6) is 0 Å². The first-order valence-electron chi connectivity index (χ1n) is 9.78. The summed E-state index contributed by atoms with van der Waals surface area (Å²) in [4.78, 5) is 2.58.